The van der Waals surface area contributed by atoms with Crippen molar-refractivity contribution in [2.45, 2.75) is 20.4 Å². The quantitative estimate of drug-likeness (QED) is 0.683. The lowest BCUT2D eigenvalue weighted by molar-refractivity contribution is 0.483. The molecule has 0 atom stereocenters. The largest absolute Gasteiger partial charge is 0.235 e. The summed E-state index contributed by atoms with van der Waals surface area (Å²) in [6, 6.07) is 1.33. The zero-order chi connectivity index (χ0) is 10.6. The molecule has 0 amide bonds. The van der Waals surface area contributed by atoms with Gasteiger partial charge in [0.2, 0.25) is 5.95 Å². The molecule has 1 rings (SSSR count). The van der Waals surface area contributed by atoms with Gasteiger partial charge in [0.05, 0.1) is 12.2 Å². The van der Waals surface area contributed by atoms with Gasteiger partial charge in [-0.25, -0.2) is 9.07 Å². The molecule has 76 valence electrons. The normalized spacial score (nSPS) is 12.7. The molecule has 4 heteroatoms. The summed E-state index contributed by atoms with van der Waals surface area (Å²) < 4.78 is 26.7. The van der Waals surface area contributed by atoms with Gasteiger partial charge in [-0.3, -0.25) is 0 Å². The van der Waals surface area contributed by atoms with Crippen LogP contribution in [-0.2, 0) is 6.54 Å². The van der Waals surface area contributed by atoms with Crippen molar-refractivity contribution in [3.05, 3.63) is 41.8 Å². The van der Waals surface area contributed by atoms with Crippen molar-refractivity contribution < 1.29 is 8.78 Å². The minimum Gasteiger partial charge on any atom is -0.235 e. The minimum absolute atomic E-state index is 0.237. The first-order valence-corrected chi connectivity index (χ1v) is 4.32. The predicted molar refractivity (Wildman–Crippen MR) is 50.9 cm³/mol. The molecule has 0 saturated carbocycles. The monoisotopic (exact) mass is 198 g/mol. The van der Waals surface area contributed by atoms with Crippen molar-refractivity contribution >= 4 is 0 Å². The Morgan fingerprint density at radius 1 is 1.64 bits per heavy atom. The summed E-state index contributed by atoms with van der Waals surface area (Å²) in [6.07, 6.45) is 4.14. The first-order chi connectivity index (χ1) is 6.63. The maximum absolute atomic E-state index is 13.0. The highest BCUT2D eigenvalue weighted by Gasteiger charge is 2.01. The fourth-order valence-electron chi connectivity index (χ4n) is 1.00. The molecule has 0 N–H and O–H groups in total. The molecule has 0 spiro atoms. The van der Waals surface area contributed by atoms with Gasteiger partial charge in [-0.05, 0) is 19.9 Å². The first kappa shape index (κ1) is 10.6. The Balaban J connectivity index is 2.62. The molecule has 14 heavy (non-hydrogen) atoms. The third kappa shape index (κ3) is 2.80. The smallest absolute Gasteiger partial charge is 0.211 e. The highest BCUT2D eigenvalue weighted by molar-refractivity contribution is 5.09. The number of rotatable bonds is 3. The average molecular weight is 198 g/mol. The maximum Gasteiger partial charge on any atom is 0.211 e. The standard InChI is InChI=1S/C10H12F2N2/c1-3-9(11)5-4-6-14-10(12)7-8(2)13-14/h3-5,7H,6H2,1-2H3/b5-4-,9-3+. The number of allylic oxidation sites excluding steroid dienone is 4. The molecular formula is C10H12F2N2. The van der Waals surface area contributed by atoms with Gasteiger partial charge < -0.3 is 0 Å². The Bertz CT molecular complexity index is 364. The van der Waals surface area contributed by atoms with Gasteiger partial charge in [0.1, 0.15) is 5.83 Å². The average Bonchev–Trinajstić information content (AvgIpc) is 2.45. The Morgan fingerprint density at radius 3 is 2.86 bits per heavy atom. The molecule has 0 fully saturated rings. The van der Waals surface area contributed by atoms with E-state index in [9.17, 15) is 8.78 Å². The van der Waals surface area contributed by atoms with Crippen LogP contribution in [0.1, 0.15) is 12.6 Å². The van der Waals surface area contributed by atoms with Crippen molar-refractivity contribution in [3.8, 4) is 0 Å². The van der Waals surface area contributed by atoms with E-state index in [1.165, 1.54) is 29.0 Å². The Hall–Kier alpha value is -1.45. The third-order valence-corrected chi connectivity index (χ3v) is 1.68. The van der Waals surface area contributed by atoms with Crippen LogP contribution < -0.4 is 0 Å². The highest BCUT2D eigenvalue weighted by atomic mass is 19.1. The van der Waals surface area contributed by atoms with Gasteiger partial charge in [-0.1, -0.05) is 12.2 Å². The van der Waals surface area contributed by atoms with Crippen LogP contribution in [0.3, 0.4) is 0 Å². The molecule has 0 bridgehead atoms. The van der Waals surface area contributed by atoms with Crippen LogP contribution in [0.2, 0.25) is 0 Å². The van der Waals surface area contributed by atoms with Gasteiger partial charge in [0, 0.05) is 6.07 Å². The summed E-state index contributed by atoms with van der Waals surface area (Å²) in [5.74, 6) is -0.748. The molecule has 1 heterocycles. The molecule has 0 aliphatic carbocycles. The number of hydrogen-bond donors (Lipinski definition) is 0. The maximum atomic E-state index is 13.0. The van der Waals surface area contributed by atoms with Crippen LogP contribution >= 0.6 is 0 Å². The predicted octanol–water partition coefficient (Wildman–Crippen LogP) is 2.76. The van der Waals surface area contributed by atoms with Crippen molar-refractivity contribution in [2.24, 2.45) is 0 Å². The van der Waals surface area contributed by atoms with E-state index < -0.39 is 5.95 Å². The van der Waals surface area contributed by atoms with Gasteiger partial charge in [0.25, 0.3) is 0 Å². The molecule has 0 radical (unpaired) electrons. The number of halogens is 2. The van der Waals surface area contributed by atoms with Crippen LogP contribution in [0.25, 0.3) is 0 Å². The molecular weight excluding hydrogens is 186 g/mol. The number of hydrogen-bond acceptors (Lipinski definition) is 1. The van der Waals surface area contributed by atoms with Gasteiger partial charge in [-0.15, -0.1) is 0 Å². The first-order valence-electron chi connectivity index (χ1n) is 4.32. The van der Waals surface area contributed by atoms with Crippen molar-refractivity contribution in [3.63, 3.8) is 0 Å². The molecule has 1 aromatic rings. The Kier molecular flexibility index (Phi) is 3.56. The lowest BCUT2D eigenvalue weighted by Gasteiger charge is -1.95. The van der Waals surface area contributed by atoms with Crippen LogP contribution in [0.15, 0.2) is 30.1 Å². The summed E-state index contributed by atoms with van der Waals surface area (Å²) in [6.45, 7) is 3.54. The van der Waals surface area contributed by atoms with E-state index in [2.05, 4.69) is 5.10 Å². The molecule has 0 saturated heterocycles. The Morgan fingerprint density at radius 2 is 2.36 bits per heavy atom. The molecule has 0 aliphatic heterocycles. The van der Waals surface area contributed by atoms with Crippen LogP contribution in [-0.4, -0.2) is 9.78 Å². The second-order valence-corrected chi connectivity index (χ2v) is 2.87. The van der Waals surface area contributed by atoms with Crippen molar-refractivity contribution in [1.29, 1.82) is 0 Å². The SMILES string of the molecule is C/C=C(F)\C=C/Cn1nc(C)cc1F. The topological polar surface area (TPSA) is 17.8 Å². The van der Waals surface area contributed by atoms with Gasteiger partial charge in [0.15, 0.2) is 0 Å². The van der Waals surface area contributed by atoms with E-state index in [0.29, 0.717) is 5.69 Å². The summed E-state index contributed by atoms with van der Waals surface area (Å²) in [4.78, 5) is 0. The lowest BCUT2D eigenvalue weighted by Crippen LogP contribution is -2.00. The second kappa shape index (κ2) is 4.69. The highest BCUT2D eigenvalue weighted by Crippen LogP contribution is 2.02. The zero-order valence-corrected chi connectivity index (χ0v) is 8.17. The fraction of sp³-hybridized carbons (Fsp3) is 0.300. The molecule has 0 aliphatic rings. The minimum atomic E-state index is -0.409. The Labute approximate surface area is 81.5 Å². The van der Waals surface area contributed by atoms with E-state index in [0.717, 1.165) is 0 Å². The van der Waals surface area contributed by atoms with Crippen LogP contribution in [0.5, 0.6) is 0 Å². The van der Waals surface area contributed by atoms with Crippen LogP contribution in [0.4, 0.5) is 8.78 Å². The van der Waals surface area contributed by atoms with E-state index in [1.807, 2.05) is 0 Å². The molecule has 0 unspecified atom stereocenters. The van der Waals surface area contributed by atoms with Crippen molar-refractivity contribution in [2.75, 3.05) is 0 Å². The van der Waals surface area contributed by atoms with Crippen LogP contribution in [0, 0.1) is 12.9 Å². The number of aromatic nitrogens is 2. The van der Waals surface area contributed by atoms with E-state index >= 15 is 0 Å². The van der Waals surface area contributed by atoms with Gasteiger partial charge >= 0.3 is 0 Å². The number of nitrogens with zero attached hydrogens (tertiary/aromatic N) is 2. The zero-order valence-electron chi connectivity index (χ0n) is 8.17. The summed E-state index contributed by atoms with van der Waals surface area (Å²) in [5.41, 5.74) is 0.613. The summed E-state index contributed by atoms with van der Waals surface area (Å²) in [5, 5.41) is 3.88. The van der Waals surface area contributed by atoms with E-state index in [1.54, 1.807) is 13.8 Å². The van der Waals surface area contributed by atoms with E-state index in [4.69, 9.17) is 0 Å². The van der Waals surface area contributed by atoms with Crippen molar-refractivity contribution in [1.82, 2.24) is 9.78 Å². The third-order valence-electron chi connectivity index (χ3n) is 1.68. The van der Waals surface area contributed by atoms with E-state index in [-0.39, 0.29) is 12.4 Å². The second-order valence-electron chi connectivity index (χ2n) is 2.87. The molecule has 0 aromatic carbocycles. The molecule has 2 nitrogen and oxygen atoms in total. The van der Waals surface area contributed by atoms with Gasteiger partial charge in [-0.2, -0.15) is 9.49 Å². The molecule has 1 aromatic heterocycles. The fourth-order valence-corrected chi connectivity index (χ4v) is 1.00. The lowest BCUT2D eigenvalue weighted by atomic mass is 10.4. The summed E-state index contributed by atoms with van der Waals surface area (Å²) >= 11 is 0. The summed E-state index contributed by atoms with van der Waals surface area (Å²) in [7, 11) is 0. The number of aryl methyl sites for hydroxylation is 1.